The van der Waals surface area contributed by atoms with Crippen molar-refractivity contribution in [3.8, 4) is 5.75 Å². The van der Waals surface area contributed by atoms with E-state index in [0.29, 0.717) is 18.9 Å². The van der Waals surface area contributed by atoms with Crippen molar-refractivity contribution >= 4 is 28.6 Å². The van der Waals surface area contributed by atoms with E-state index < -0.39 is 0 Å². The summed E-state index contributed by atoms with van der Waals surface area (Å²) in [6.45, 7) is 11.0. The molecular weight excluding hydrogens is 446 g/mol. The molecule has 1 aliphatic rings. The van der Waals surface area contributed by atoms with Gasteiger partial charge in [-0.3, -0.25) is 24.9 Å². The molecule has 2 aromatic rings. The molecule has 2 amide bonds. The van der Waals surface area contributed by atoms with Crippen LogP contribution in [-0.2, 0) is 17.6 Å². The summed E-state index contributed by atoms with van der Waals surface area (Å²) in [7, 11) is 0. The van der Waals surface area contributed by atoms with Gasteiger partial charge in [0.15, 0.2) is 0 Å². The third kappa shape index (κ3) is 9.14. The highest BCUT2D eigenvalue weighted by atomic mass is 32.2. The quantitative estimate of drug-likeness (QED) is 0.437. The predicted molar refractivity (Wildman–Crippen MR) is 141 cm³/mol. The lowest BCUT2D eigenvalue weighted by molar-refractivity contribution is -0.118. The lowest BCUT2D eigenvalue weighted by Gasteiger charge is -2.12. The first-order valence-corrected chi connectivity index (χ1v) is 12.5. The molecule has 1 unspecified atom stereocenters. The first-order valence-electron chi connectivity index (χ1n) is 11.6. The van der Waals surface area contributed by atoms with E-state index in [9.17, 15) is 9.59 Å². The van der Waals surface area contributed by atoms with Gasteiger partial charge in [-0.1, -0.05) is 56.8 Å². The van der Waals surface area contributed by atoms with Crippen LogP contribution >= 0.6 is 11.8 Å². The van der Waals surface area contributed by atoms with Gasteiger partial charge in [-0.15, -0.1) is 0 Å². The summed E-state index contributed by atoms with van der Waals surface area (Å²) in [5.41, 5.74) is 4.52. The minimum atomic E-state index is -0.340. The zero-order valence-corrected chi connectivity index (χ0v) is 21.5. The molecule has 0 saturated carbocycles. The van der Waals surface area contributed by atoms with Gasteiger partial charge in [0.05, 0.1) is 11.9 Å². The van der Waals surface area contributed by atoms with E-state index in [4.69, 9.17) is 4.74 Å². The van der Waals surface area contributed by atoms with Crippen LogP contribution in [0.15, 0.2) is 59.9 Å². The number of aliphatic imine (C=N–C) groups is 1. The second-order valence-electron chi connectivity index (χ2n) is 8.22. The zero-order valence-electron chi connectivity index (χ0n) is 20.7. The second-order valence-corrected chi connectivity index (χ2v) is 9.40. The minimum Gasteiger partial charge on any atom is -0.493 e. The van der Waals surface area contributed by atoms with Gasteiger partial charge in [-0.05, 0) is 61.9 Å². The SMILES string of the molecule is C/C=C\N=C(C)CC.CC(C)c1cccnc1CCOc1ccc(CC2SC(=O)NC2=O)cc1. The van der Waals surface area contributed by atoms with E-state index in [1.807, 2.05) is 62.7 Å². The van der Waals surface area contributed by atoms with E-state index in [1.54, 1.807) is 0 Å². The minimum absolute atomic E-state index is 0.211. The highest BCUT2D eigenvalue weighted by Crippen LogP contribution is 2.24. The number of ether oxygens (including phenoxy) is 1. The fourth-order valence-corrected chi connectivity index (χ4v) is 4.07. The van der Waals surface area contributed by atoms with Crippen molar-refractivity contribution in [1.82, 2.24) is 10.3 Å². The predicted octanol–water partition coefficient (Wildman–Crippen LogP) is 6.11. The van der Waals surface area contributed by atoms with E-state index in [0.717, 1.165) is 41.6 Å². The lowest BCUT2D eigenvalue weighted by atomic mass is 10.0. The van der Waals surface area contributed by atoms with E-state index in [2.05, 4.69) is 42.1 Å². The number of hydrogen-bond donors (Lipinski definition) is 1. The van der Waals surface area contributed by atoms with Crippen LogP contribution < -0.4 is 10.1 Å². The maximum Gasteiger partial charge on any atom is 0.286 e. The molecule has 0 radical (unpaired) electrons. The molecule has 0 spiro atoms. The fraction of sp³-hybridized carbons (Fsp3) is 0.407. The number of amides is 2. The molecule has 1 aromatic carbocycles. The van der Waals surface area contributed by atoms with Gasteiger partial charge in [0.2, 0.25) is 5.91 Å². The van der Waals surface area contributed by atoms with Crippen LogP contribution in [0, 0.1) is 0 Å². The fourth-order valence-electron chi connectivity index (χ4n) is 3.21. The number of nitrogens with zero attached hydrogens (tertiary/aromatic N) is 2. The summed E-state index contributed by atoms with van der Waals surface area (Å²) >= 11 is 1.05. The Morgan fingerprint density at radius 2 is 1.97 bits per heavy atom. The van der Waals surface area contributed by atoms with Crippen molar-refractivity contribution in [2.75, 3.05) is 6.61 Å². The molecule has 3 rings (SSSR count). The van der Waals surface area contributed by atoms with E-state index >= 15 is 0 Å². The number of hydrogen-bond acceptors (Lipinski definition) is 6. The van der Waals surface area contributed by atoms with Gasteiger partial charge in [-0.25, -0.2) is 0 Å². The number of nitrogens with one attached hydrogen (secondary N) is 1. The zero-order chi connectivity index (χ0) is 24.9. The van der Waals surface area contributed by atoms with Crippen LogP contribution in [0.5, 0.6) is 5.75 Å². The molecule has 1 atom stereocenters. The molecule has 6 nitrogen and oxygen atoms in total. The summed E-state index contributed by atoms with van der Waals surface area (Å²) in [4.78, 5) is 31.4. The van der Waals surface area contributed by atoms with Crippen molar-refractivity contribution < 1.29 is 14.3 Å². The number of allylic oxidation sites excluding steroid dienone is 1. The van der Waals surface area contributed by atoms with Crippen molar-refractivity contribution in [2.45, 2.75) is 65.0 Å². The maximum absolute atomic E-state index is 11.6. The maximum atomic E-state index is 11.6. The van der Waals surface area contributed by atoms with Gasteiger partial charge < -0.3 is 4.74 Å². The number of rotatable bonds is 9. The molecule has 7 heteroatoms. The smallest absolute Gasteiger partial charge is 0.286 e. The van der Waals surface area contributed by atoms with Gasteiger partial charge in [0, 0.05) is 30.2 Å². The molecule has 1 aliphatic heterocycles. The average Bonchev–Trinajstić information content (AvgIpc) is 3.15. The van der Waals surface area contributed by atoms with Crippen LogP contribution in [0.4, 0.5) is 4.79 Å². The number of carbonyl (C=O) groups is 2. The van der Waals surface area contributed by atoms with Crippen LogP contribution in [0.25, 0.3) is 0 Å². The number of thioether (sulfide) groups is 1. The van der Waals surface area contributed by atoms with Gasteiger partial charge >= 0.3 is 0 Å². The largest absolute Gasteiger partial charge is 0.493 e. The Hall–Kier alpha value is -2.93. The normalized spacial score (nSPS) is 15.9. The molecule has 182 valence electrons. The molecule has 1 N–H and O–H groups in total. The van der Waals surface area contributed by atoms with Gasteiger partial charge in [-0.2, -0.15) is 0 Å². The molecule has 1 saturated heterocycles. The second kappa shape index (κ2) is 14.4. The number of aromatic nitrogens is 1. The molecular formula is C27H35N3O3S. The Morgan fingerprint density at radius 3 is 2.56 bits per heavy atom. The molecule has 1 aromatic heterocycles. The molecule has 1 fully saturated rings. The molecule has 0 bridgehead atoms. The van der Waals surface area contributed by atoms with E-state index in [-0.39, 0.29) is 16.4 Å². The van der Waals surface area contributed by atoms with E-state index in [1.165, 1.54) is 11.3 Å². The first-order chi connectivity index (χ1) is 16.3. The molecule has 34 heavy (non-hydrogen) atoms. The highest BCUT2D eigenvalue weighted by molar-refractivity contribution is 8.15. The van der Waals surface area contributed by atoms with Crippen LogP contribution in [0.3, 0.4) is 0 Å². The lowest BCUT2D eigenvalue weighted by Crippen LogP contribution is -2.25. The third-order valence-corrected chi connectivity index (χ3v) is 6.20. The number of benzene rings is 1. The van der Waals surface area contributed by atoms with Crippen LogP contribution in [-0.4, -0.2) is 33.7 Å². The highest BCUT2D eigenvalue weighted by Gasteiger charge is 2.31. The Balaban J connectivity index is 0.000000440. The summed E-state index contributed by atoms with van der Waals surface area (Å²) in [6, 6.07) is 11.8. The van der Waals surface area contributed by atoms with Crippen molar-refractivity contribution in [3.05, 3.63) is 71.7 Å². The topological polar surface area (TPSA) is 80.7 Å². The summed E-state index contributed by atoms with van der Waals surface area (Å²) < 4.78 is 5.83. The Morgan fingerprint density at radius 1 is 1.24 bits per heavy atom. The summed E-state index contributed by atoms with van der Waals surface area (Å²) in [5, 5.41) is 1.70. The monoisotopic (exact) mass is 481 g/mol. The van der Waals surface area contributed by atoms with Crippen molar-refractivity contribution in [2.24, 2.45) is 4.99 Å². The average molecular weight is 482 g/mol. The standard InChI is InChI=1S/C20H22N2O3S.C7H13N/c1-13(2)16-4-3-10-21-17(16)9-11-25-15-7-5-14(6-8-15)12-18-19(23)22-20(24)26-18;1-4-6-8-7(3)5-2/h3-8,10,13,18H,9,11-12H2,1-2H3,(H,22,23,24);4,6H,5H2,1-3H3/b;6-4-,8-7?. The van der Waals surface area contributed by atoms with Crippen molar-refractivity contribution in [1.29, 1.82) is 0 Å². The Kier molecular flexibility index (Phi) is 11.5. The van der Waals surface area contributed by atoms with Crippen LogP contribution in [0.1, 0.15) is 63.8 Å². The number of pyridine rings is 1. The third-order valence-electron chi connectivity index (χ3n) is 5.22. The van der Waals surface area contributed by atoms with Gasteiger partial charge in [0.1, 0.15) is 5.75 Å². The molecule has 2 heterocycles. The first kappa shape index (κ1) is 27.3. The van der Waals surface area contributed by atoms with Crippen LogP contribution in [0.2, 0.25) is 0 Å². The summed E-state index contributed by atoms with van der Waals surface area (Å²) in [5.74, 6) is 1.02. The Bertz CT molecular complexity index is 1000. The Labute approximate surface area is 207 Å². The summed E-state index contributed by atoms with van der Waals surface area (Å²) in [6.07, 6.45) is 7.91. The van der Waals surface area contributed by atoms with Crippen molar-refractivity contribution in [3.63, 3.8) is 0 Å². The number of imide groups is 1. The van der Waals surface area contributed by atoms with Gasteiger partial charge in [0.25, 0.3) is 5.24 Å². The molecule has 0 aliphatic carbocycles. The number of carbonyl (C=O) groups excluding carboxylic acids is 2.